The second-order valence-corrected chi connectivity index (χ2v) is 7.20. The van der Waals surface area contributed by atoms with E-state index in [0.29, 0.717) is 5.92 Å². The molecule has 0 saturated carbocycles. The summed E-state index contributed by atoms with van der Waals surface area (Å²) in [6.07, 6.45) is 0. The molecule has 7 nitrogen and oxygen atoms in total. The predicted octanol–water partition coefficient (Wildman–Crippen LogP) is 2.23. The highest BCUT2D eigenvalue weighted by Crippen LogP contribution is 2.21. The van der Waals surface area contributed by atoms with E-state index in [-0.39, 0.29) is 0 Å². The predicted molar refractivity (Wildman–Crippen MR) is 99.0 cm³/mol. The van der Waals surface area contributed by atoms with Gasteiger partial charge in [0.05, 0.1) is 13.2 Å². The Kier molecular flexibility index (Phi) is 4.91. The molecule has 1 atom stereocenters. The van der Waals surface area contributed by atoms with Crippen molar-refractivity contribution in [2.75, 3.05) is 44.7 Å². The molecule has 4 rings (SSSR count). The molecule has 0 aromatic carbocycles. The third kappa shape index (κ3) is 3.81. The Morgan fingerprint density at radius 2 is 2.12 bits per heavy atom. The summed E-state index contributed by atoms with van der Waals surface area (Å²) >= 11 is 1.64. The summed E-state index contributed by atoms with van der Waals surface area (Å²) in [5.41, 5.74) is 1.80. The van der Waals surface area contributed by atoms with E-state index in [1.807, 2.05) is 23.6 Å². The van der Waals surface area contributed by atoms with Crippen molar-refractivity contribution in [2.24, 2.45) is 5.92 Å². The van der Waals surface area contributed by atoms with Crippen molar-refractivity contribution in [2.45, 2.75) is 6.92 Å². The first-order valence-corrected chi connectivity index (χ1v) is 9.53. The number of ether oxygens (including phenoxy) is 1. The number of thiophene rings is 1. The molecule has 0 spiro atoms. The standard InChI is InChI=1S/C17H22N6OS/c1-13(11-22-5-7-24-8-6-22)10-18-15-2-3-16-19-20-17(23(16)21-15)14-4-9-25-12-14/h2-4,9,12-13H,5-8,10-11H2,1H3,(H,18,21). The number of anilines is 1. The summed E-state index contributed by atoms with van der Waals surface area (Å²) < 4.78 is 7.21. The fourth-order valence-corrected chi connectivity index (χ4v) is 3.66. The molecule has 132 valence electrons. The van der Waals surface area contributed by atoms with Gasteiger partial charge in [-0.2, -0.15) is 15.9 Å². The smallest absolute Gasteiger partial charge is 0.186 e. The maximum atomic E-state index is 5.40. The van der Waals surface area contributed by atoms with Gasteiger partial charge in [0.2, 0.25) is 0 Å². The quantitative estimate of drug-likeness (QED) is 0.729. The largest absolute Gasteiger partial charge is 0.379 e. The zero-order valence-corrected chi connectivity index (χ0v) is 15.1. The zero-order chi connectivity index (χ0) is 17.1. The maximum absolute atomic E-state index is 5.40. The lowest BCUT2D eigenvalue weighted by atomic mass is 10.1. The van der Waals surface area contributed by atoms with Crippen LogP contribution in [-0.2, 0) is 4.74 Å². The van der Waals surface area contributed by atoms with Crippen LogP contribution in [0.2, 0.25) is 0 Å². The van der Waals surface area contributed by atoms with Crippen molar-refractivity contribution in [1.82, 2.24) is 24.7 Å². The summed E-state index contributed by atoms with van der Waals surface area (Å²) in [6, 6.07) is 5.95. The van der Waals surface area contributed by atoms with Crippen molar-refractivity contribution in [3.8, 4) is 11.4 Å². The van der Waals surface area contributed by atoms with Crippen LogP contribution in [-0.4, -0.2) is 64.1 Å². The van der Waals surface area contributed by atoms with Crippen LogP contribution in [0.5, 0.6) is 0 Å². The van der Waals surface area contributed by atoms with Gasteiger partial charge in [0.25, 0.3) is 0 Å². The Bertz CT molecular complexity index is 812. The van der Waals surface area contributed by atoms with Crippen LogP contribution < -0.4 is 5.32 Å². The third-order valence-electron chi connectivity index (χ3n) is 4.35. The number of rotatable bonds is 6. The molecule has 1 unspecified atom stereocenters. The molecule has 3 aromatic heterocycles. The van der Waals surface area contributed by atoms with Crippen molar-refractivity contribution < 1.29 is 4.74 Å². The van der Waals surface area contributed by atoms with Crippen LogP contribution in [0, 0.1) is 5.92 Å². The number of hydrogen-bond acceptors (Lipinski definition) is 7. The molecule has 1 N–H and O–H groups in total. The Balaban J connectivity index is 1.42. The van der Waals surface area contributed by atoms with E-state index >= 15 is 0 Å². The highest BCUT2D eigenvalue weighted by Gasteiger charge is 2.14. The van der Waals surface area contributed by atoms with E-state index < -0.39 is 0 Å². The monoisotopic (exact) mass is 358 g/mol. The molecular weight excluding hydrogens is 336 g/mol. The summed E-state index contributed by atoms with van der Waals surface area (Å²) in [5, 5.41) is 20.7. The molecule has 0 amide bonds. The molecule has 0 aliphatic carbocycles. The highest BCUT2D eigenvalue weighted by atomic mass is 32.1. The lowest BCUT2D eigenvalue weighted by Crippen LogP contribution is -2.40. The Morgan fingerprint density at radius 3 is 2.92 bits per heavy atom. The molecular formula is C17H22N6OS. The minimum atomic E-state index is 0.535. The lowest BCUT2D eigenvalue weighted by molar-refractivity contribution is 0.0325. The average molecular weight is 358 g/mol. The van der Waals surface area contributed by atoms with Crippen LogP contribution in [0.15, 0.2) is 29.0 Å². The van der Waals surface area contributed by atoms with Gasteiger partial charge in [0, 0.05) is 37.1 Å². The number of morpholine rings is 1. The van der Waals surface area contributed by atoms with E-state index in [2.05, 4.69) is 37.8 Å². The Labute approximate surface area is 150 Å². The highest BCUT2D eigenvalue weighted by molar-refractivity contribution is 7.08. The average Bonchev–Trinajstić information content (AvgIpc) is 3.29. The van der Waals surface area contributed by atoms with Crippen LogP contribution in [0.4, 0.5) is 5.82 Å². The molecule has 4 heterocycles. The maximum Gasteiger partial charge on any atom is 0.186 e. The van der Waals surface area contributed by atoms with E-state index in [0.717, 1.165) is 62.2 Å². The Hall–Kier alpha value is -2.03. The minimum Gasteiger partial charge on any atom is -0.379 e. The topological polar surface area (TPSA) is 67.6 Å². The minimum absolute atomic E-state index is 0.535. The SMILES string of the molecule is CC(CNc1ccc2nnc(-c3ccsc3)n2n1)CN1CCOCC1. The van der Waals surface area contributed by atoms with Gasteiger partial charge in [-0.25, -0.2) is 0 Å². The van der Waals surface area contributed by atoms with Gasteiger partial charge in [0.15, 0.2) is 11.5 Å². The number of hydrogen-bond donors (Lipinski definition) is 1. The van der Waals surface area contributed by atoms with Gasteiger partial charge in [-0.3, -0.25) is 4.90 Å². The van der Waals surface area contributed by atoms with Gasteiger partial charge < -0.3 is 10.1 Å². The van der Waals surface area contributed by atoms with Gasteiger partial charge in [-0.05, 0) is 29.5 Å². The van der Waals surface area contributed by atoms with Crippen LogP contribution in [0.3, 0.4) is 0 Å². The number of fused-ring (bicyclic) bond motifs is 1. The first-order chi connectivity index (χ1) is 12.3. The molecule has 1 fully saturated rings. The number of nitrogens with zero attached hydrogens (tertiary/aromatic N) is 5. The summed E-state index contributed by atoms with van der Waals surface area (Å²) in [6.45, 7) is 7.96. The van der Waals surface area contributed by atoms with Crippen molar-refractivity contribution >= 4 is 22.8 Å². The van der Waals surface area contributed by atoms with Crippen molar-refractivity contribution in [3.05, 3.63) is 29.0 Å². The van der Waals surface area contributed by atoms with Crippen molar-refractivity contribution in [3.63, 3.8) is 0 Å². The normalized spacial score (nSPS) is 17.0. The molecule has 0 bridgehead atoms. The fraction of sp³-hybridized carbons (Fsp3) is 0.471. The van der Waals surface area contributed by atoms with Gasteiger partial charge >= 0.3 is 0 Å². The first kappa shape index (κ1) is 16.4. The first-order valence-electron chi connectivity index (χ1n) is 8.58. The van der Waals surface area contributed by atoms with Crippen LogP contribution in [0.1, 0.15) is 6.92 Å². The number of aromatic nitrogens is 4. The zero-order valence-electron chi connectivity index (χ0n) is 14.3. The fourth-order valence-electron chi connectivity index (χ4n) is 3.02. The van der Waals surface area contributed by atoms with Gasteiger partial charge in [0.1, 0.15) is 5.82 Å². The Morgan fingerprint density at radius 1 is 1.24 bits per heavy atom. The van der Waals surface area contributed by atoms with E-state index in [1.165, 1.54) is 0 Å². The van der Waals surface area contributed by atoms with E-state index in [4.69, 9.17) is 4.74 Å². The molecule has 25 heavy (non-hydrogen) atoms. The summed E-state index contributed by atoms with van der Waals surface area (Å²) in [7, 11) is 0. The molecule has 1 saturated heterocycles. The van der Waals surface area contributed by atoms with Crippen LogP contribution in [0.25, 0.3) is 17.0 Å². The molecule has 3 aromatic rings. The molecule has 8 heteroatoms. The number of nitrogens with one attached hydrogen (secondary N) is 1. The second-order valence-electron chi connectivity index (χ2n) is 6.42. The third-order valence-corrected chi connectivity index (χ3v) is 5.03. The summed E-state index contributed by atoms with van der Waals surface area (Å²) in [4.78, 5) is 2.46. The van der Waals surface area contributed by atoms with Crippen LogP contribution >= 0.6 is 11.3 Å². The molecule has 1 aliphatic heterocycles. The van der Waals surface area contributed by atoms with E-state index in [1.54, 1.807) is 15.9 Å². The molecule has 0 radical (unpaired) electrons. The lowest BCUT2D eigenvalue weighted by Gasteiger charge is -2.29. The molecule has 1 aliphatic rings. The van der Waals surface area contributed by atoms with Crippen molar-refractivity contribution in [1.29, 1.82) is 0 Å². The van der Waals surface area contributed by atoms with Gasteiger partial charge in [-0.1, -0.05) is 6.92 Å². The summed E-state index contributed by atoms with van der Waals surface area (Å²) in [5.74, 6) is 2.16. The van der Waals surface area contributed by atoms with E-state index in [9.17, 15) is 0 Å². The second kappa shape index (κ2) is 7.47. The van der Waals surface area contributed by atoms with Gasteiger partial charge in [-0.15, -0.1) is 15.3 Å².